The highest BCUT2D eigenvalue weighted by Gasteiger charge is 2.31. The van der Waals surface area contributed by atoms with Crippen LogP contribution >= 0.6 is 35.5 Å². The van der Waals surface area contributed by atoms with Crippen LogP contribution in [0.5, 0.6) is 0 Å². The Labute approximate surface area is 121 Å². The molecular weight excluding hydrogens is 338 g/mol. The summed E-state index contributed by atoms with van der Waals surface area (Å²) in [5.41, 5.74) is 0. The molecule has 0 saturated carbocycles. The van der Waals surface area contributed by atoms with Crippen LogP contribution in [-0.2, 0) is 10.0 Å². The Balaban J connectivity index is 3.18. The van der Waals surface area contributed by atoms with Gasteiger partial charge in [-0.2, -0.15) is 0 Å². The third-order valence-corrected chi connectivity index (χ3v) is 5.76. The fourth-order valence-electron chi connectivity index (χ4n) is 0.958. The third kappa shape index (κ3) is 4.58. The molecule has 0 spiro atoms. The highest BCUT2D eigenvalue weighted by atomic mass is 35.5. The van der Waals surface area contributed by atoms with Gasteiger partial charge in [0.15, 0.2) is 0 Å². The quantitative estimate of drug-likeness (QED) is 0.802. The molecule has 19 heavy (non-hydrogen) atoms. The van der Waals surface area contributed by atoms with Crippen LogP contribution in [0.15, 0.2) is 29.2 Å². The molecular formula is C8H6ClNO6S3. The van der Waals surface area contributed by atoms with Crippen molar-refractivity contribution < 1.29 is 28.2 Å². The topological polar surface area (TPSA) is 112 Å². The number of nitrogens with zero attached hydrogens (tertiary/aromatic N) is 1. The predicted molar refractivity (Wildman–Crippen MR) is 71.7 cm³/mol. The zero-order valence-corrected chi connectivity index (χ0v) is 12.1. The fourth-order valence-corrected chi connectivity index (χ4v) is 4.38. The van der Waals surface area contributed by atoms with Gasteiger partial charge in [-0.25, -0.2) is 18.0 Å². The third-order valence-electron chi connectivity index (χ3n) is 1.60. The lowest BCUT2D eigenvalue weighted by atomic mass is 10.4. The second kappa shape index (κ2) is 6.48. The summed E-state index contributed by atoms with van der Waals surface area (Å²) < 4.78 is 24.3. The minimum absolute atomic E-state index is 0.127. The summed E-state index contributed by atoms with van der Waals surface area (Å²) in [6, 6.07) is 5.05. The number of sulfonamides is 1. The summed E-state index contributed by atoms with van der Waals surface area (Å²) in [4.78, 5) is 20.8. The molecule has 1 rings (SSSR count). The zero-order chi connectivity index (χ0) is 14.6. The number of hydrogen-bond donors (Lipinski definition) is 2. The molecule has 2 N–H and O–H groups in total. The molecule has 0 aromatic heterocycles. The SMILES string of the molecule is O=C(O)SN(SC(=O)O)S(=O)(=O)c1cccc(Cl)c1. The summed E-state index contributed by atoms with van der Waals surface area (Å²) >= 11 is 5.31. The Morgan fingerprint density at radius 3 is 2.11 bits per heavy atom. The Morgan fingerprint density at radius 1 is 1.16 bits per heavy atom. The van der Waals surface area contributed by atoms with Gasteiger partial charge in [0.25, 0.3) is 10.0 Å². The number of rotatable bonds is 4. The monoisotopic (exact) mass is 343 g/mol. The average molecular weight is 344 g/mol. The maximum atomic E-state index is 12.1. The van der Waals surface area contributed by atoms with Crippen molar-refractivity contribution >= 4 is 56.1 Å². The molecule has 0 fully saturated rings. The van der Waals surface area contributed by atoms with Crippen LogP contribution < -0.4 is 0 Å². The largest absolute Gasteiger partial charge is 0.472 e. The minimum Gasteiger partial charge on any atom is -0.472 e. The van der Waals surface area contributed by atoms with Gasteiger partial charge >= 0.3 is 10.6 Å². The summed E-state index contributed by atoms with van der Waals surface area (Å²) in [6.45, 7) is 0. The van der Waals surface area contributed by atoms with Crippen molar-refractivity contribution in [1.29, 1.82) is 0 Å². The fraction of sp³-hybridized carbons (Fsp3) is 0. The van der Waals surface area contributed by atoms with E-state index in [0.717, 1.165) is 6.07 Å². The first-order chi connectivity index (χ1) is 8.73. The molecule has 0 atom stereocenters. The van der Waals surface area contributed by atoms with E-state index in [-0.39, 0.29) is 36.9 Å². The predicted octanol–water partition coefficient (Wildman–Crippen LogP) is 2.98. The number of carbonyl (C=O) groups is 2. The Hall–Kier alpha value is -0.940. The van der Waals surface area contributed by atoms with Crippen molar-refractivity contribution in [2.45, 2.75) is 4.90 Å². The molecule has 0 unspecified atom stereocenters. The molecule has 1 aromatic carbocycles. The van der Waals surface area contributed by atoms with Gasteiger partial charge in [-0.3, -0.25) is 0 Å². The molecule has 0 aliphatic rings. The molecule has 0 heterocycles. The van der Waals surface area contributed by atoms with Crippen molar-refractivity contribution in [3.63, 3.8) is 0 Å². The van der Waals surface area contributed by atoms with Crippen LogP contribution in [-0.4, -0.2) is 32.3 Å². The first kappa shape index (κ1) is 16.1. The van der Waals surface area contributed by atoms with Crippen LogP contribution in [0.3, 0.4) is 0 Å². The van der Waals surface area contributed by atoms with Crippen molar-refractivity contribution in [1.82, 2.24) is 3.12 Å². The van der Waals surface area contributed by atoms with E-state index in [9.17, 15) is 18.0 Å². The second-order valence-electron chi connectivity index (χ2n) is 2.87. The summed E-state index contributed by atoms with van der Waals surface area (Å²) in [7, 11) is -4.30. The van der Waals surface area contributed by atoms with Gasteiger partial charge in [-0.1, -0.05) is 20.8 Å². The van der Waals surface area contributed by atoms with Crippen molar-refractivity contribution in [2.75, 3.05) is 0 Å². The number of carboxylic acid groups (broad SMARTS) is 2. The van der Waals surface area contributed by atoms with E-state index >= 15 is 0 Å². The normalized spacial score (nSPS) is 11.5. The standard InChI is InChI=1S/C8H6ClNO6S3/c9-5-2-1-3-6(4-5)19(15,16)10(17-7(11)12)18-8(13)14/h1-4H,(H,11,12)(H,13,14). The minimum atomic E-state index is -4.30. The molecule has 0 amide bonds. The summed E-state index contributed by atoms with van der Waals surface area (Å²) in [5, 5.41) is 14.2. The van der Waals surface area contributed by atoms with Crippen LogP contribution in [0.25, 0.3) is 0 Å². The van der Waals surface area contributed by atoms with E-state index in [4.69, 9.17) is 21.8 Å². The number of hydrogen-bond acceptors (Lipinski definition) is 6. The van der Waals surface area contributed by atoms with Gasteiger partial charge in [-0.05, 0) is 18.2 Å². The molecule has 104 valence electrons. The van der Waals surface area contributed by atoms with E-state index in [1.54, 1.807) is 0 Å². The Bertz CT molecular complexity index is 588. The lowest BCUT2D eigenvalue weighted by molar-refractivity contribution is 0.221. The van der Waals surface area contributed by atoms with E-state index in [2.05, 4.69) is 0 Å². The van der Waals surface area contributed by atoms with Crippen LogP contribution in [0.2, 0.25) is 5.02 Å². The molecule has 0 saturated heterocycles. The highest BCUT2D eigenvalue weighted by molar-refractivity contribution is 8.32. The van der Waals surface area contributed by atoms with E-state index in [1.165, 1.54) is 18.2 Å². The maximum absolute atomic E-state index is 12.1. The Morgan fingerprint density at radius 2 is 1.68 bits per heavy atom. The van der Waals surface area contributed by atoms with Crippen LogP contribution in [0.1, 0.15) is 0 Å². The molecule has 11 heteroatoms. The van der Waals surface area contributed by atoms with Crippen LogP contribution in [0, 0.1) is 0 Å². The van der Waals surface area contributed by atoms with Gasteiger partial charge < -0.3 is 10.2 Å². The molecule has 0 aliphatic carbocycles. The first-order valence-electron chi connectivity index (χ1n) is 4.36. The van der Waals surface area contributed by atoms with E-state index in [0.29, 0.717) is 0 Å². The summed E-state index contributed by atoms with van der Waals surface area (Å²) in [5.74, 6) is 0. The van der Waals surface area contributed by atoms with E-state index in [1.807, 2.05) is 0 Å². The lowest BCUT2D eigenvalue weighted by Gasteiger charge is -2.15. The first-order valence-corrected chi connectivity index (χ1v) is 7.72. The molecule has 0 aliphatic heterocycles. The van der Waals surface area contributed by atoms with Gasteiger partial charge in [0.2, 0.25) is 0 Å². The smallest absolute Gasteiger partial charge is 0.382 e. The second-order valence-corrected chi connectivity index (χ2v) is 7.58. The lowest BCUT2D eigenvalue weighted by Crippen LogP contribution is -2.21. The maximum Gasteiger partial charge on any atom is 0.382 e. The van der Waals surface area contributed by atoms with Gasteiger partial charge in [0.1, 0.15) is 0 Å². The van der Waals surface area contributed by atoms with Crippen LogP contribution in [0.4, 0.5) is 9.59 Å². The molecule has 0 bridgehead atoms. The molecule has 1 aromatic rings. The summed E-state index contributed by atoms with van der Waals surface area (Å²) in [6.07, 6.45) is 0. The number of benzene rings is 1. The highest BCUT2D eigenvalue weighted by Crippen LogP contribution is 2.32. The van der Waals surface area contributed by atoms with Gasteiger partial charge in [0.05, 0.1) is 28.8 Å². The molecule has 0 radical (unpaired) electrons. The van der Waals surface area contributed by atoms with E-state index < -0.39 is 20.6 Å². The Kier molecular flexibility index (Phi) is 5.50. The van der Waals surface area contributed by atoms with Crippen molar-refractivity contribution in [3.8, 4) is 0 Å². The average Bonchev–Trinajstić information content (AvgIpc) is 2.26. The van der Waals surface area contributed by atoms with Crippen molar-refractivity contribution in [2.24, 2.45) is 0 Å². The number of halogens is 1. The zero-order valence-electron chi connectivity index (χ0n) is 8.89. The molecule has 7 nitrogen and oxygen atoms in total. The van der Waals surface area contributed by atoms with Gasteiger partial charge in [0, 0.05) is 5.02 Å². The van der Waals surface area contributed by atoms with Crippen molar-refractivity contribution in [3.05, 3.63) is 29.3 Å². The van der Waals surface area contributed by atoms with Gasteiger partial charge in [-0.15, -0.1) is 0 Å².